The number of nitrogens with one attached hydrogen (secondary N) is 1. The van der Waals surface area contributed by atoms with Gasteiger partial charge in [0.1, 0.15) is 5.60 Å². The van der Waals surface area contributed by atoms with E-state index in [4.69, 9.17) is 9.15 Å². The molecule has 12 heteroatoms. The first-order valence-electron chi connectivity index (χ1n) is 12.3. The van der Waals surface area contributed by atoms with E-state index in [1.165, 1.54) is 0 Å². The summed E-state index contributed by atoms with van der Waals surface area (Å²) >= 11 is 0. The van der Waals surface area contributed by atoms with Crippen molar-refractivity contribution in [1.82, 2.24) is 25.3 Å². The van der Waals surface area contributed by atoms with Crippen LogP contribution < -0.4 is 10.2 Å². The number of nitrogens with zero attached hydrogens (tertiary/aromatic N) is 5. The normalized spacial score (nSPS) is 17.6. The molecule has 1 unspecified atom stereocenters. The van der Waals surface area contributed by atoms with E-state index >= 15 is 0 Å². The Kier molecular flexibility index (Phi) is 6.49. The number of alkyl carbamates (subject to hydrolysis) is 1. The lowest BCUT2D eigenvalue weighted by molar-refractivity contribution is 0.0501. The molecule has 0 bridgehead atoms. The quantitative estimate of drug-likeness (QED) is 0.496. The summed E-state index contributed by atoms with van der Waals surface area (Å²) in [5.74, 6) is -0.556. The Morgan fingerprint density at radius 2 is 2.03 bits per heavy atom. The summed E-state index contributed by atoms with van der Waals surface area (Å²) in [6, 6.07) is 4.96. The highest BCUT2D eigenvalue weighted by Crippen LogP contribution is 2.37. The van der Waals surface area contributed by atoms with Crippen molar-refractivity contribution in [3.8, 4) is 11.5 Å². The Morgan fingerprint density at radius 3 is 2.68 bits per heavy atom. The van der Waals surface area contributed by atoms with Crippen molar-refractivity contribution in [2.75, 3.05) is 4.90 Å². The van der Waals surface area contributed by atoms with Crippen LogP contribution in [0.3, 0.4) is 0 Å². The zero-order valence-corrected chi connectivity index (χ0v) is 21.5. The molecule has 2 aliphatic rings. The zero-order valence-electron chi connectivity index (χ0n) is 21.5. The lowest BCUT2D eigenvalue weighted by Gasteiger charge is -2.26. The number of halogens is 2. The van der Waals surface area contributed by atoms with Crippen molar-refractivity contribution in [2.45, 2.75) is 64.6 Å². The molecule has 0 saturated carbocycles. The van der Waals surface area contributed by atoms with E-state index in [9.17, 15) is 18.4 Å². The topological polar surface area (TPSA) is 115 Å². The fourth-order valence-electron chi connectivity index (χ4n) is 4.63. The number of rotatable bonds is 5. The second kappa shape index (κ2) is 9.66. The fourth-order valence-corrected chi connectivity index (χ4v) is 4.63. The van der Waals surface area contributed by atoms with E-state index in [-0.39, 0.29) is 17.8 Å². The minimum atomic E-state index is -2.87. The Bertz CT molecular complexity index is 1420. The van der Waals surface area contributed by atoms with Gasteiger partial charge in [0.05, 0.1) is 6.54 Å². The van der Waals surface area contributed by atoms with E-state index in [1.54, 1.807) is 34.8 Å². The van der Waals surface area contributed by atoms with Crippen LogP contribution in [0.2, 0.25) is 0 Å². The fraction of sp³-hybridized carbons (Fsp3) is 0.423. The van der Waals surface area contributed by atoms with Crippen LogP contribution >= 0.6 is 0 Å². The minimum absolute atomic E-state index is 0.0416. The van der Waals surface area contributed by atoms with E-state index in [2.05, 4.69) is 26.7 Å². The average molecular weight is 527 g/mol. The summed E-state index contributed by atoms with van der Waals surface area (Å²) in [5.41, 5.74) is 2.93. The number of hydrogen-bond acceptors (Lipinski definition) is 7. The van der Waals surface area contributed by atoms with Crippen molar-refractivity contribution < 1.29 is 27.5 Å². The molecule has 0 spiro atoms. The highest BCUT2D eigenvalue weighted by atomic mass is 19.3. The molecule has 10 nitrogen and oxygen atoms in total. The van der Waals surface area contributed by atoms with Gasteiger partial charge in [0, 0.05) is 36.0 Å². The first-order valence-corrected chi connectivity index (χ1v) is 12.3. The Labute approximate surface area is 217 Å². The summed E-state index contributed by atoms with van der Waals surface area (Å²) in [7, 11) is 1.80. The number of aryl methyl sites for hydroxylation is 1. The van der Waals surface area contributed by atoms with E-state index in [1.807, 2.05) is 27.0 Å². The Morgan fingerprint density at radius 1 is 1.24 bits per heavy atom. The number of aromatic nitrogens is 4. The Hall–Kier alpha value is -4.09. The SMILES string of the molecule is Cn1cc(C2=CCC(NC(=O)OC(C)(C)C)CC2)c(N2Cc3ccc(-c4nnc(C(F)F)o4)cc3C2=O)n1. The lowest BCUT2D eigenvalue weighted by atomic mass is 9.91. The molecule has 200 valence electrons. The van der Waals surface area contributed by atoms with Crippen molar-refractivity contribution in [3.05, 3.63) is 53.1 Å². The number of ether oxygens (including phenoxy) is 1. The molecule has 0 radical (unpaired) electrons. The first kappa shape index (κ1) is 25.6. The lowest BCUT2D eigenvalue weighted by Crippen LogP contribution is -2.39. The van der Waals surface area contributed by atoms with Crippen LogP contribution in [-0.2, 0) is 18.3 Å². The molecule has 1 atom stereocenters. The molecular formula is C26H28F2N6O4. The minimum Gasteiger partial charge on any atom is -0.444 e. The third-order valence-electron chi connectivity index (χ3n) is 6.33. The highest BCUT2D eigenvalue weighted by Gasteiger charge is 2.34. The maximum absolute atomic E-state index is 13.4. The van der Waals surface area contributed by atoms with Crippen LogP contribution in [0.5, 0.6) is 0 Å². The molecule has 0 fully saturated rings. The van der Waals surface area contributed by atoms with Gasteiger partial charge in [-0.2, -0.15) is 13.9 Å². The number of fused-ring (bicyclic) bond motifs is 1. The second-order valence-corrected chi connectivity index (χ2v) is 10.4. The number of alkyl halides is 2. The van der Waals surface area contributed by atoms with Crippen molar-refractivity contribution in [3.63, 3.8) is 0 Å². The number of carbonyl (C=O) groups excluding carboxylic acids is 2. The largest absolute Gasteiger partial charge is 0.444 e. The van der Waals surface area contributed by atoms with Crippen LogP contribution in [0.1, 0.15) is 73.8 Å². The Balaban J connectivity index is 1.34. The molecule has 1 aliphatic heterocycles. The van der Waals surface area contributed by atoms with E-state index < -0.39 is 24.0 Å². The number of benzene rings is 1. The third-order valence-corrected chi connectivity index (χ3v) is 6.33. The monoisotopic (exact) mass is 526 g/mol. The summed E-state index contributed by atoms with van der Waals surface area (Å²) in [6.45, 7) is 5.79. The molecule has 2 aromatic heterocycles. The maximum Gasteiger partial charge on any atom is 0.407 e. The summed E-state index contributed by atoms with van der Waals surface area (Å²) in [5, 5.41) is 14.5. The predicted octanol–water partition coefficient (Wildman–Crippen LogP) is 5.03. The standard InChI is InChI=1S/C26H28F2N6O4/c1-26(2,3)38-25(36)29-17-9-7-14(8-10-17)19-13-33(4)32-21(19)34-12-16-6-5-15(11-18(16)24(34)35)22-30-31-23(37-22)20(27)28/h5-7,11,13,17,20H,8-10,12H2,1-4H3,(H,29,36). The maximum atomic E-state index is 13.4. The predicted molar refractivity (Wildman–Crippen MR) is 133 cm³/mol. The molecule has 1 aromatic carbocycles. The number of hydrogen-bond donors (Lipinski definition) is 1. The van der Waals surface area contributed by atoms with Gasteiger partial charge in [0.25, 0.3) is 11.8 Å². The number of allylic oxidation sites excluding steroid dienone is 1. The van der Waals surface area contributed by atoms with Gasteiger partial charge in [-0.25, -0.2) is 4.79 Å². The molecule has 3 aromatic rings. The summed E-state index contributed by atoms with van der Waals surface area (Å²) < 4.78 is 37.8. The van der Waals surface area contributed by atoms with Crippen LogP contribution in [0, 0.1) is 0 Å². The van der Waals surface area contributed by atoms with E-state index in [0.29, 0.717) is 36.3 Å². The van der Waals surface area contributed by atoms with Gasteiger partial charge in [-0.15, -0.1) is 10.2 Å². The highest BCUT2D eigenvalue weighted by molar-refractivity contribution is 6.11. The summed E-state index contributed by atoms with van der Waals surface area (Å²) in [6.07, 6.45) is 2.69. The van der Waals surface area contributed by atoms with Gasteiger partial charge in [0.2, 0.25) is 5.89 Å². The zero-order chi connectivity index (χ0) is 27.2. The third kappa shape index (κ3) is 5.15. The van der Waals surface area contributed by atoms with Crippen LogP contribution in [0.4, 0.5) is 19.4 Å². The number of anilines is 1. The van der Waals surface area contributed by atoms with E-state index in [0.717, 1.165) is 23.1 Å². The number of carbonyl (C=O) groups is 2. The van der Waals surface area contributed by atoms with Crippen molar-refractivity contribution in [2.24, 2.45) is 7.05 Å². The second-order valence-electron chi connectivity index (χ2n) is 10.4. The van der Waals surface area contributed by atoms with Gasteiger partial charge in [0.15, 0.2) is 5.82 Å². The smallest absolute Gasteiger partial charge is 0.407 e. The molecule has 0 saturated heterocycles. The molecule has 5 rings (SSSR count). The van der Waals surface area contributed by atoms with Crippen LogP contribution in [0.25, 0.3) is 17.0 Å². The first-order chi connectivity index (χ1) is 18.0. The van der Waals surface area contributed by atoms with Gasteiger partial charge in [-0.3, -0.25) is 14.4 Å². The summed E-state index contributed by atoms with van der Waals surface area (Å²) in [4.78, 5) is 27.2. The van der Waals surface area contributed by atoms with Crippen molar-refractivity contribution in [1.29, 1.82) is 0 Å². The molecule has 1 N–H and O–H groups in total. The van der Waals surface area contributed by atoms with Gasteiger partial charge >= 0.3 is 12.5 Å². The molecule has 3 heterocycles. The number of amides is 2. The van der Waals surface area contributed by atoms with Gasteiger partial charge in [-0.1, -0.05) is 12.1 Å². The molecule has 38 heavy (non-hydrogen) atoms. The van der Waals surface area contributed by atoms with Gasteiger partial charge < -0.3 is 14.5 Å². The van der Waals surface area contributed by atoms with Crippen molar-refractivity contribution >= 4 is 23.4 Å². The molecule has 1 aliphatic carbocycles. The average Bonchev–Trinajstić information content (AvgIpc) is 3.56. The van der Waals surface area contributed by atoms with Gasteiger partial charge in [-0.05, 0) is 63.3 Å². The molecule has 2 amide bonds. The van der Waals surface area contributed by atoms with Crippen LogP contribution in [-0.4, -0.2) is 43.6 Å². The van der Waals surface area contributed by atoms with Crippen LogP contribution in [0.15, 0.2) is 34.9 Å². The molecular weight excluding hydrogens is 498 g/mol.